The number of anilines is 1. The second-order valence-corrected chi connectivity index (χ2v) is 3.63. The highest BCUT2D eigenvalue weighted by molar-refractivity contribution is 5.56. The van der Waals surface area contributed by atoms with Crippen LogP contribution in [0.1, 0.15) is 5.56 Å². The molecule has 100 valence electrons. The van der Waals surface area contributed by atoms with Gasteiger partial charge in [0.05, 0.1) is 16.2 Å². The minimum absolute atomic E-state index is 0.207. The average Bonchev–Trinajstić information content (AvgIpc) is 2.70. The molecule has 6 nitrogen and oxygen atoms in total. The lowest BCUT2D eigenvalue weighted by Gasteiger charge is -2.08. The highest BCUT2D eigenvalue weighted by Crippen LogP contribution is 2.30. The lowest BCUT2D eigenvalue weighted by molar-refractivity contribution is -0.383. The Labute approximate surface area is 104 Å². The molecule has 9 heteroatoms. The summed E-state index contributed by atoms with van der Waals surface area (Å²) in [5.74, 6) is -0.246. The van der Waals surface area contributed by atoms with E-state index in [0.29, 0.717) is 0 Å². The molecule has 1 aromatic heterocycles. The molecule has 2 aromatic rings. The van der Waals surface area contributed by atoms with E-state index in [0.717, 1.165) is 35.1 Å². The number of benzene rings is 1. The molecular weight excluding hydrogens is 265 g/mol. The van der Waals surface area contributed by atoms with Crippen LogP contribution in [0.2, 0.25) is 0 Å². The monoisotopic (exact) mass is 272 g/mol. The summed E-state index contributed by atoms with van der Waals surface area (Å²) in [5.41, 5.74) is 4.48. The SMILES string of the molecule is Nc1c([N+](=O)[O-])cnn1-c1ccc(C(F)(F)F)cc1. The van der Waals surface area contributed by atoms with Gasteiger partial charge in [-0.05, 0) is 24.3 Å². The van der Waals surface area contributed by atoms with Crippen LogP contribution in [-0.4, -0.2) is 14.7 Å². The molecule has 0 bridgehead atoms. The van der Waals surface area contributed by atoms with Crippen molar-refractivity contribution in [3.63, 3.8) is 0 Å². The van der Waals surface area contributed by atoms with E-state index in [4.69, 9.17) is 5.73 Å². The van der Waals surface area contributed by atoms with Gasteiger partial charge in [0.1, 0.15) is 6.20 Å². The Morgan fingerprint density at radius 3 is 2.26 bits per heavy atom. The van der Waals surface area contributed by atoms with Crippen LogP contribution in [0.25, 0.3) is 5.69 Å². The molecule has 2 N–H and O–H groups in total. The largest absolute Gasteiger partial charge is 0.416 e. The zero-order valence-corrected chi connectivity index (χ0v) is 9.26. The molecule has 0 saturated carbocycles. The number of rotatable bonds is 2. The molecule has 0 fully saturated rings. The second-order valence-electron chi connectivity index (χ2n) is 3.63. The normalized spacial score (nSPS) is 11.5. The van der Waals surface area contributed by atoms with Gasteiger partial charge in [0.15, 0.2) is 0 Å². The number of nitro groups is 1. The van der Waals surface area contributed by atoms with E-state index in [1.54, 1.807) is 0 Å². The minimum Gasteiger partial charge on any atom is -0.378 e. The molecule has 0 aliphatic heterocycles. The zero-order chi connectivity index (χ0) is 14.2. The Bertz CT molecular complexity index is 619. The van der Waals surface area contributed by atoms with Crippen molar-refractivity contribution in [3.05, 3.63) is 46.1 Å². The Kier molecular flexibility index (Phi) is 2.89. The highest BCUT2D eigenvalue weighted by Gasteiger charge is 2.30. The number of hydrogen-bond donors (Lipinski definition) is 1. The van der Waals surface area contributed by atoms with E-state index < -0.39 is 22.4 Å². The van der Waals surface area contributed by atoms with Crippen molar-refractivity contribution in [2.45, 2.75) is 6.18 Å². The number of aromatic nitrogens is 2. The van der Waals surface area contributed by atoms with Gasteiger partial charge in [-0.3, -0.25) is 10.1 Å². The fraction of sp³-hybridized carbons (Fsp3) is 0.100. The first-order chi connectivity index (χ1) is 8.80. The van der Waals surface area contributed by atoms with Gasteiger partial charge in [0, 0.05) is 0 Å². The number of nitrogens with two attached hydrogens (primary N) is 1. The molecule has 0 atom stereocenters. The van der Waals surface area contributed by atoms with Gasteiger partial charge in [0.25, 0.3) is 0 Å². The van der Waals surface area contributed by atoms with Crippen molar-refractivity contribution in [1.29, 1.82) is 0 Å². The maximum absolute atomic E-state index is 12.4. The first-order valence-electron chi connectivity index (χ1n) is 4.96. The van der Waals surface area contributed by atoms with Crippen LogP contribution in [0.5, 0.6) is 0 Å². The van der Waals surface area contributed by atoms with Crippen molar-refractivity contribution in [2.75, 3.05) is 5.73 Å². The van der Waals surface area contributed by atoms with E-state index >= 15 is 0 Å². The van der Waals surface area contributed by atoms with Crippen molar-refractivity contribution >= 4 is 11.5 Å². The van der Waals surface area contributed by atoms with Crippen LogP contribution in [0, 0.1) is 10.1 Å². The average molecular weight is 272 g/mol. The molecular formula is C10H7F3N4O2. The summed E-state index contributed by atoms with van der Waals surface area (Å²) in [7, 11) is 0. The molecule has 0 saturated heterocycles. The van der Waals surface area contributed by atoms with E-state index in [-0.39, 0.29) is 11.5 Å². The minimum atomic E-state index is -4.44. The van der Waals surface area contributed by atoms with Crippen LogP contribution in [-0.2, 0) is 6.18 Å². The lowest BCUT2D eigenvalue weighted by atomic mass is 10.2. The first kappa shape index (κ1) is 12.9. The molecule has 0 amide bonds. The third-order valence-electron chi connectivity index (χ3n) is 2.42. The van der Waals surface area contributed by atoms with Crippen LogP contribution in [0.15, 0.2) is 30.5 Å². The lowest BCUT2D eigenvalue weighted by Crippen LogP contribution is -2.06. The van der Waals surface area contributed by atoms with Gasteiger partial charge in [-0.2, -0.15) is 18.3 Å². The Balaban J connectivity index is 2.41. The van der Waals surface area contributed by atoms with Crippen LogP contribution in [0.3, 0.4) is 0 Å². The third-order valence-corrected chi connectivity index (χ3v) is 2.42. The molecule has 0 unspecified atom stereocenters. The standard InChI is InChI=1S/C10H7F3N4O2/c11-10(12,13)6-1-3-7(4-2-6)16-9(14)8(5-15-16)17(18)19/h1-5H,14H2. The summed E-state index contributed by atoms with van der Waals surface area (Å²) in [5, 5.41) is 14.2. The predicted molar refractivity (Wildman–Crippen MR) is 59.6 cm³/mol. The van der Waals surface area contributed by atoms with Gasteiger partial charge in [-0.25, -0.2) is 4.68 Å². The number of hydrogen-bond acceptors (Lipinski definition) is 4. The molecule has 0 aliphatic carbocycles. The van der Waals surface area contributed by atoms with E-state index in [2.05, 4.69) is 5.10 Å². The maximum Gasteiger partial charge on any atom is 0.416 e. The summed E-state index contributed by atoms with van der Waals surface area (Å²) in [6.07, 6.45) is -3.51. The predicted octanol–water partition coefficient (Wildman–Crippen LogP) is 2.38. The first-order valence-corrected chi connectivity index (χ1v) is 4.96. The molecule has 0 radical (unpaired) electrons. The number of nitrogens with zero attached hydrogens (tertiary/aromatic N) is 3. The van der Waals surface area contributed by atoms with E-state index in [9.17, 15) is 23.3 Å². The van der Waals surface area contributed by atoms with Gasteiger partial charge < -0.3 is 5.73 Å². The number of alkyl halides is 3. The molecule has 19 heavy (non-hydrogen) atoms. The second kappa shape index (κ2) is 4.26. The smallest absolute Gasteiger partial charge is 0.378 e. The number of halogens is 3. The van der Waals surface area contributed by atoms with Crippen LogP contribution >= 0.6 is 0 Å². The molecule has 1 heterocycles. The Morgan fingerprint density at radius 1 is 1.26 bits per heavy atom. The Hall–Kier alpha value is -2.58. The molecule has 0 aliphatic rings. The van der Waals surface area contributed by atoms with Crippen LogP contribution in [0.4, 0.5) is 24.7 Å². The number of nitrogen functional groups attached to an aromatic ring is 1. The molecule has 0 spiro atoms. The Morgan fingerprint density at radius 2 is 1.84 bits per heavy atom. The fourth-order valence-corrected chi connectivity index (χ4v) is 1.49. The fourth-order valence-electron chi connectivity index (χ4n) is 1.49. The third kappa shape index (κ3) is 2.34. The highest BCUT2D eigenvalue weighted by atomic mass is 19.4. The zero-order valence-electron chi connectivity index (χ0n) is 9.26. The van der Waals surface area contributed by atoms with Crippen molar-refractivity contribution in [2.24, 2.45) is 0 Å². The summed E-state index contributed by atoms with van der Waals surface area (Å²) < 4.78 is 38.1. The van der Waals surface area contributed by atoms with Crippen molar-refractivity contribution < 1.29 is 18.1 Å². The quantitative estimate of drug-likeness (QED) is 0.671. The van der Waals surface area contributed by atoms with E-state index in [1.165, 1.54) is 0 Å². The summed E-state index contributed by atoms with van der Waals surface area (Å²) in [6, 6.07) is 3.97. The maximum atomic E-state index is 12.4. The van der Waals surface area contributed by atoms with Gasteiger partial charge in [0.2, 0.25) is 5.82 Å². The topological polar surface area (TPSA) is 87.0 Å². The van der Waals surface area contributed by atoms with Crippen molar-refractivity contribution in [1.82, 2.24) is 9.78 Å². The summed E-state index contributed by atoms with van der Waals surface area (Å²) in [4.78, 5) is 9.86. The van der Waals surface area contributed by atoms with Crippen LogP contribution < -0.4 is 5.73 Å². The van der Waals surface area contributed by atoms with Gasteiger partial charge in [-0.1, -0.05) is 0 Å². The molecule has 2 rings (SSSR count). The van der Waals surface area contributed by atoms with Gasteiger partial charge in [-0.15, -0.1) is 0 Å². The summed E-state index contributed by atoms with van der Waals surface area (Å²) >= 11 is 0. The van der Waals surface area contributed by atoms with E-state index in [1.807, 2.05) is 0 Å². The molecule has 1 aromatic carbocycles. The van der Waals surface area contributed by atoms with Crippen molar-refractivity contribution in [3.8, 4) is 5.69 Å². The summed E-state index contributed by atoms with van der Waals surface area (Å²) in [6.45, 7) is 0. The van der Waals surface area contributed by atoms with Gasteiger partial charge >= 0.3 is 11.9 Å².